The van der Waals surface area contributed by atoms with Gasteiger partial charge in [-0.25, -0.2) is 8.51 Å². The lowest BCUT2D eigenvalue weighted by atomic mass is 9.98. The van der Waals surface area contributed by atoms with E-state index in [1.54, 1.807) is 0 Å². The molecule has 1 aromatic rings. The van der Waals surface area contributed by atoms with Gasteiger partial charge in [0.2, 0.25) is 0 Å². The standard InChI is InChI=1S/C15H22ClNOS/c1-15(2,3)19(18)17-11-5-4-6-14(17)12-7-9-13(16)10-8-12/h7-10,14H,4-6,11H2,1-3H3/t14-,19+/m0/s1. The van der Waals surface area contributed by atoms with Crippen LogP contribution in [0.25, 0.3) is 0 Å². The molecule has 0 spiro atoms. The second-order valence-corrected chi connectivity index (χ2v) is 8.69. The quantitative estimate of drug-likeness (QED) is 0.796. The van der Waals surface area contributed by atoms with Gasteiger partial charge in [-0.15, -0.1) is 0 Å². The molecule has 0 bridgehead atoms. The van der Waals surface area contributed by atoms with Gasteiger partial charge in [-0.05, 0) is 51.3 Å². The SMILES string of the molecule is CC(C)(C)[S@@](=O)N1CCCC[C@H]1c1ccc(Cl)cc1. The Morgan fingerprint density at radius 2 is 1.84 bits per heavy atom. The van der Waals surface area contributed by atoms with Crippen LogP contribution in [-0.2, 0) is 11.0 Å². The summed E-state index contributed by atoms with van der Waals surface area (Å²) in [5.74, 6) is 0. The van der Waals surface area contributed by atoms with Gasteiger partial charge in [-0.1, -0.05) is 30.2 Å². The second kappa shape index (κ2) is 5.94. The van der Waals surface area contributed by atoms with Crippen LogP contribution in [0.5, 0.6) is 0 Å². The third kappa shape index (κ3) is 3.59. The molecule has 2 rings (SSSR count). The van der Waals surface area contributed by atoms with Crippen LogP contribution in [0.4, 0.5) is 0 Å². The Morgan fingerprint density at radius 1 is 1.21 bits per heavy atom. The normalized spacial score (nSPS) is 23.3. The van der Waals surface area contributed by atoms with Gasteiger partial charge in [0.1, 0.15) is 11.0 Å². The van der Waals surface area contributed by atoms with E-state index in [9.17, 15) is 4.21 Å². The zero-order valence-corrected chi connectivity index (χ0v) is 13.4. The first-order chi connectivity index (χ1) is 8.89. The van der Waals surface area contributed by atoms with Crippen LogP contribution in [0.2, 0.25) is 5.02 Å². The Balaban J connectivity index is 2.26. The molecule has 0 unspecified atom stereocenters. The van der Waals surface area contributed by atoms with E-state index >= 15 is 0 Å². The maximum absolute atomic E-state index is 12.7. The third-order valence-corrected chi connectivity index (χ3v) is 5.61. The molecule has 2 atom stereocenters. The molecule has 19 heavy (non-hydrogen) atoms. The molecule has 1 fully saturated rings. The van der Waals surface area contributed by atoms with Gasteiger partial charge >= 0.3 is 0 Å². The summed E-state index contributed by atoms with van der Waals surface area (Å²) in [5, 5.41) is 0.753. The van der Waals surface area contributed by atoms with Gasteiger partial charge in [0.05, 0.1) is 4.75 Å². The summed E-state index contributed by atoms with van der Waals surface area (Å²) in [7, 11) is -0.959. The van der Waals surface area contributed by atoms with Gasteiger partial charge < -0.3 is 0 Å². The number of rotatable bonds is 2. The van der Waals surface area contributed by atoms with Crippen molar-refractivity contribution in [1.29, 1.82) is 0 Å². The largest absolute Gasteiger partial charge is 0.242 e. The molecule has 1 aliphatic heterocycles. The van der Waals surface area contributed by atoms with E-state index in [-0.39, 0.29) is 10.8 Å². The Kier molecular flexibility index (Phi) is 4.70. The minimum Gasteiger partial charge on any atom is -0.242 e. The molecule has 2 nitrogen and oxygen atoms in total. The van der Waals surface area contributed by atoms with E-state index in [4.69, 9.17) is 11.6 Å². The Bertz CT molecular complexity index is 452. The van der Waals surface area contributed by atoms with Gasteiger partial charge in [-0.2, -0.15) is 0 Å². The number of nitrogens with zero attached hydrogens (tertiary/aromatic N) is 1. The monoisotopic (exact) mass is 299 g/mol. The van der Waals surface area contributed by atoms with Crippen molar-refractivity contribution in [3.63, 3.8) is 0 Å². The number of halogens is 1. The molecule has 0 N–H and O–H groups in total. The van der Waals surface area contributed by atoms with Crippen LogP contribution in [0.15, 0.2) is 24.3 Å². The predicted octanol–water partition coefficient (Wildman–Crippen LogP) is 4.33. The van der Waals surface area contributed by atoms with Gasteiger partial charge in [0, 0.05) is 17.6 Å². The summed E-state index contributed by atoms with van der Waals surface area (Å²) in [4.78, 5) is 0. The van der Waals surface area contributed by atoms with E-state index in [2.05, 4.69) is 16.4 Å². The van der Waals surface area contributed by atoms with Gasteiger partial charge in [0.15, 0.2) is 0 Å². The smallest absolute Gasteiger partial charge is 0.100 e. The molecule has 0 saturated carbocycles. The topological polar surface area (TPSA) is 20.3 Å². The van der Waals surface area contributed by atoms with Gasteiger partial charge in [-0.3, -0.25) is 0 Å². The molecular weight excluding hydrogens is 278 g/mol. The average molecular weight is 300 g/mol. The molecule has 1 saturated heterocycles. The molecule has 1 aliphatic rings. The Morgan fingerprint density at radius 3 is 2.42 bits per heavy atom. The first-order valence-electron chi connectivity index (χ1n) is 6.84. The van der Waals surface area contributed by atoms with Crippen molar-refractivity contribution < 1.29 is 4.21 Å². The molecule has 1 aromatic carbocycles. The first kappa shape index (κ1) is 15.0. The zero-order chi connectivity index (χ0) is 14.0. The van der Waals surface area contributed by atoms with Crippen LogP contribution >= 0.6 is 11.6 Å². The summed E-state index contributed by atoms with van der Waals surface area (Å²) in [6.07, 6.45) is 3.40. The molecule has 106 valence electrons. The lowest BCUT2D eigenvalue weighted by Gasteiger charge is -2.38. The van der Waals surface area contributed by atoms with Crippen LogP contribution in [-0.4, -0.2) is 19.8 Å². The van der Waals surface area contributed by atoms with Crippen molar-refractivity contribution >= 4 is 22.6 Å². The molecule has 0 amide bonds. The fourth-order valence-electron chi connectivity index (χ4n) is 2.47. The maximum atomic E-state index is 12.7. The molecule has 0 aromatic heterocycles. The third-order valence-electron chi connectivity index (χ3n) is 3.45. The van der Waals surface area contributed by atoms with Crippen LogP contribution in [0, 0.1) is 0 Å². The van der Waals surface area contributed by atoms with Crippen molar-refractivity contribution in [1.82, 2.24) is 4.31 Å². The number of piperidine rings is 1. The molecule has 4 heteroatoms. The summed E-state index contributed by atoms with van der Waals surface area (Å²) < 4.78 is 14.6. The summed E-state index contributed by atoms with van der Waals surface area (Å²) >= 11 is 5.95. The average Bonchev–Trinajstić information content (AvgIpc) is 2.38. The summed E-state index contributed by atoms with van der Waals surface area (Å²) in [5.41, 5.74) is 1.22. The van der Waals surface area contributed by atoms with Crippen molar-refractivity contribution in [3.05, 3.63) is 34.9 Å². The van der Waals surface area contributed by atoms with Gasteiger partial charge in [0.25, 0.3) is 0 Å². The summed E-state index contributed by atoms with van der Waals surface area (Å²) in [6, 6.07) is 8.22. The molecule has 0 aliphatic carbocycles. The Hall–Kier alpha value is -0.380. The highest BCUT2D eigenvalue weighted by Crippen LogP contribution is 2.35. The fraction of sp³-hybridized carbons (Fsp3) is 0.600. The van der Waals surface area contributed by atoms with Crippen LogP contribution < -0.4 is 0 Å². The maximum Gasteiger partial charge on any atom is 0.100 e. The highest BCUT2D eigenvalue weighted by atomic mass is 35.5. The number of hydrogen-bond donors (Lipinski definition) is 0. The molecule has 1 heterocycles. The van der Waals surface area contributed by atoms with E-state index < -0.39 is 11.0 Å². The van der Waals surface area contributed by atoms with Crippen LogP contribution in [0.3, 0.4) is 0 Å². The van der Waals surface area contributed by atoms with E-state index in [0.717, 1.165) is 24.4 Å². The second-order valence-electron chi connectivity index (χ2n) is 6.07. The van der Waals surface area contributed by atoms with Crippen molar-refractivity contribution in [2.75, 3.05) is 6.54 Å². The van der Waals surface area contributed by atoms with Crippen molar-refractivity contribution in [2.45, 2.75) is 50.8 Å². The highest BCUT2D eigenvalue weighted by molar-refractivity contribution is 7.84. The predicted molar refractivity (Wildman–Crippen MR) is 82.6 cm³/mol. The number of hydrogen-bond acceptors (Lipinski definition) is 1. The lowest BCUT2D eigenvalue weighted by Crippen LogP contribution is -2.42. The van der Waals surface area contributed by atoms with E-state index in [0.29, 0.717) is 0 Å². The van der Waals surface area contributed by atoms with E-state index in [1.165, 1.54) is 12.0 Å². The fourth-order valence-corrected chi connectivity index (χ4v) is 4.06. The van der Waals surface area contributed by atoms with Crippen molar-refractivity contribution in [2.24, 2.45) is 0 Å². The molecular formula is C15H22ClNOS. The van der Waals surface area contributed by atoms with Crippen LogP contribution in [0.1, 0.15) is 51.6 Å². The van der Waals surface area contributed by atoms with Crippen molar-refractivity contribution in [3.8, 4) is 0 Å². The minimum absolute atomic E-state index is 0.206. The summed E-state index contributed by atoms with van der Waals surface area (Å²) in [6.45, 7) is 7.03. The molecule has 0 radical (unpaired) electrons. The number of benzene rings is 1. The minimum atomic E-state index is -0.959. The first-order valence-corrected chi connectivity index (χ1v) is 8.32. The highest BCUT2D eigenvalue weighted by Gasteiger charge is 2.33. The van der Waals surface area contributed by atoms with E-state index in [1.807, 2.05) is 32.9 Å². The lowest BCUT2D eigenvalue weighted by molar-refractivity contribution is 0.264. The Labute approximate surface area is 123 Å². The zero-order valence-electron chi connectivity index (χ0n) is 11.9.